The summed E-state index contributed by atoms with van der Waals surface area (Å²) >= 11 is 1.57. The molecule has 0 spiro atoms. The van der Waals surface area contributed by atoms with Crippen LogP contribution >= 0.6 is 11.3 Å². The Kier molecular flexibility index (Phi) is 5.12. The van der Waals surface area contributed by atoms with E-state index in [-0.39, 0.29) is 23.6 Å². The molecule has 7 nitrogen and oxygen atoms in total. The van der Waals surface area contributed by atoms with Crippen molar-refractivity contribution >= 4 is 29.1 Å². The fourth-order valence-electron chi connectivity index (χ4n) is 4.51. The Morgan fingerprint density at radius 2 is 1.83 bits per heavy atom. The van der Waals surface area contributed by atoms with Crippen LogP contribution in [0.1, 0.15) is 15.9 Å². The molecule has 152 valence electrons. The van der Waals surface area contributed by atoms with E-state index in [9.17, 15) is 14.4 Å². The molecule has 2 aromatic heterocycles. The molecular weight excluding hydrogens is 388 g/mol. The molecule has 8 heteroatoms. The van der Waals surface area contributed by atoms with Crippen LogP contribution in [0.5, 0.6) is 0 Å². The lowest BCUT2D eigenvalue weighted by Crippen LogP contribution is -2.48. The first-order valence-corrected chi connectivity index (χ1v) is 10.5. The van der Waals surface area contributed by atoms with E-state index in [1.165, 1.54) is 0 Å². The molecule has 0 radical (unpaired) electrons. The summed E-state index contributed by atoms with van der Waals surface area (Å²) in [6.07, 6.45) is 3.54. The number of pyridine rings is 1. The second-order valence-electron chi connectivity index (χ2n) is 8.06. The van der Waals surface area contributed by atoms with Gasteiger partial charge in [-0.05, 0) is 34.5 Å². The predicted octanol–water partition coefficient (Wildman–Crippen LogP) is 1.37. The van der Waals surface area contributed by atoms with Crippen LogP contribution in [0.4, 0.5) is 0 Å². The molecule has 0 saturated carbocycles. The first kappa shape index (κ1) is 19.6. The average molecular weight is 413 g/mol. The van der Waals surface area contributed by atoms with Gasteiger partial charge in [-0.25, -0.2) is 0 Å². The molecule has 4 rings (SSSR count). The molecule has 3 amide bonds. The Hall–Kier alpha value is -2.74. The molecular formula is C21H24N4O3S. The highest BCUT2D eigenvalue weighted by Crippen LogP contribution is 2.44. The molecule has 0 unspecified atom stereocenters. The smallest absolute Gasteiger partial charge is 0.254 e. The Morgan fingerprint density at radius 3 is 2.48 bits per heavy atom. The molecule has 2 aliphatic heterocycles. The van der Waals surface area contributed by atoms with Crippen LogP contribution in [0.3, 0.4) is 0 Å². The number of amides is 3. The number of likely N-dealkylation sites (tertiary alicyclic amines) is 2. The second-order valence-corrected chi connectivity index (χ2v) is 8.84. The van der Waals surface area contributed by atoms with Crippen molar-refractivity contribution < 1.29 is 14.4 Å². The lowest BCUT2D eigenvalue weighted by molar-refractivity contribution is -0.140. The van der Waals surface area contributed by atoms with Crippen LogP contribution in [0.15, 0.2) is 41.4 Å². The number of fused-ring (bicyclic) bond motifs is 1. The topological polar surface area (TPSA) is 73.8 Å². The van der Waals surface area contributed by atoms with E-state index in [0.717, 1.165) is 5.56 Å². The number of nitrogens with zero attached hydrogens (tertiary/aromatic N) is 4. The van der Waals surface area contributed by atoms with E-state index in [2.05, 4.69) is 4.98 Å². The van der Waals surface area contributed by atoms with Gasteiger partial charge >= 0.3 is 0 Å². The molecule has 2 aromatic rings. The van der Waals surface area contributed by atoms with E-state index in [1.54, 1.807) is 64.7 Å². The van der Waals surface area contributed by atoms with Crippen molar-refractivity contribution in [1.29, 1.82) is 0 Å². The quantitative estimate of drug-likeness (QED) is 0.760. The Labute approximate surface area is 173 Å². The minimum absolute atomic E-state index is 0.0154. The SMILES string of the molecule is CN(C)C(=O)[C@@]12CN(C(=O)Cc3ccsc3)C[C@@H]1CN(C(=O)c1ccncc1)C2. The lowest BCUT2D eigenvalue weighted by atomic mass is 9.80. The van der Waals surface area contributed by atoms with Crippen LogP contribution in [-0.4, -0.2) is 77.7 Å². The molecule has 4 heterocycles. The van der Waals surface area contributed by atoms with Gasteiger partial charge in [0, 0.05) is 64.1 Å². The van der Waals surface area contributed by atoms with E-state index in [0.29, 0.717) is 38.2 Å². The zero-order valence-corrected chi connectivity index (χ0v) is 17.4. The summed E-state index contributed by atoms with van der Waals surface area (Å²) in [6.45, 7) is 1.67. The summed E-state index contributed by atoms with van der Waals surface area (Å²) < 4.78 is 0. The Bertz CT molecular complexity index is 915. The van der Waals surface area contributed by atoms with E-state index < -0.39 is 5.41 Å². The summed E-state index contributed by atoms with van der Waals surface area (Å²) in [4.78, 5) is 48.0. The number of thiophene rings is 1. The molecule has 0 aromatic carbocycles. The van der Waals surface area contributed by atoms with E-state index in [1.807, 2.05) is 16.8 Å². The predicted molar refractivity (Wildman–Crippen MR) is 109 cm³/mol. The molecule has 0 aliphatic carbocycles. The minimum Gasteiger partial charge on any atom is -0.348 e. The highest BCUT2D eigenvalue weighted by Gasteiger charge is 2.59. The summed E-state index contributed by atoms with van der Waals surface area (Å²) in [6, 6.07) is 5.33. The van der Waals surface area contributed by atoms with Gasteiger partial charge in [0.2, 0.25) is 11.8 Å². The average Bonchev–Trinajstić information content (AvgIpc) is 3.42. The van der Waals surface area contributed by atoms with Crippen molar-refractivity contribution in [3.63, 3.8) is 0 Å². The fraction of sp³-hybridized carbons (Fsp3) is 0.429. The number of hydrogen-bond acceptors (Lipinski definition) is 5. The van der Waals surface area contributed by atoms with Gasteiger partial charge in [0.15, 0.2) is 0 Å². The van der Waals surface area contributed by atoms with Crippen LogP contribution in [0.2, 0.25) is 0 Å². The zero-order valence-electron chi connectivity index (χ0n) is 16.6. The number of aromatic nitrogens is 1. The second kappa shape index (κ2) is 7.59. The highest BCUT2D eigenvalue weighted by molar-refractivity contribution is 7.08. The van der Waals surface area contributed by atoms with Gasteiger partial charge in [-0.2, -0.15) is 11.3 Å². The van der Waals surface area contributed by atoms with Crippen LogP contribution in [-0.2, 0) is 16.0 Å². The number of carbonyl (C=O) groups excluding carboxylic acids is 3. The van der Waals surface area contributed by atoms with Gasteiger partial charge in [0.1, 0.15) is 0 Å². The molecule has 0 N–H and O–H groups in total. The van der Waals surface area contributed by atoms with Gasteiger partial charge in [0.25, 0.3) is 5.91 Å². The number of rotatable bonds is 4. The van der Waals surface area contributed by atoms with Crippen LogP contribution in [0, 0.1) is 11.3 Å². The summed E-state index contributed by atoms with van der Waals surface area (Å²) in [7, 11) is 3.47. The number of carbonyl (C=O) groups is 3. The maximum atomic E-state index is 13.2. The summed E-state index contributed by atoms with van der Waals surface area (Å²) in [5, 5.41) is 3.94. The van der Waals surface area contributed by atoms with Gasteiger partial charge in [0.05, 0.1) is 11.8 Å². The van der Waals surface area contributed by atoms with Gasteiger partial charge in [-0.1, -0.05) is 0 Å². The Balaban J connectivity index is 1.54. The first-order valence-electron chi connectivity index (χ1n) is 9.60. The first-order chi connectivity index (χ1) is 13.9. The maximum absolute atomic E-state index is 13.2. The normalized spacial score (nSPS) is 23.2. The lowest BCUT2D eigenvalue weighted by Gasteiger charge is -2.30. The molecule has 0 bridgehead atoms. The standard InChI is InChI=1S/C21H24N4O3S/c1-23(2)20(28)21-13-24(18(26)9-15-5-8-29-12-15)10-17(21)11-25(14-21)19(27)16-3-6-22-7-4-16/h3-8,12,17H,9-11,13-14H2,1-2H3/t17-,21-/m1/s1. The molecule has 2 aliphatic rings. The molecule has 2 saturated heterocycles. The third-order valence-corrected chi connectivity index (χ3v) is 6.68. The molecule has 2 atom stereocenters. The number of hydrogen-bond donors (Lipinski definition) is 0. The van der Waals surface area contributed by atoms with Crippen molar-refractivity contribution in [1.82, 2.24) is 19.7 Å². The zero-order chi connectivity index (χ0) is 20.6. The van der Waals surface area contributed by atoms with Crippen molar-refractivity contribution in [3.05, 3.63) is 52.5 Å². The van der Waals surface area contributed by atoms with Crippen molar-refractivity contribution in [3.8, 4) is 0 Å². The third-order valence-electron chi connectivity index (χ3n) is 5.94. The van der Waals surface area contributed by atoms with E-state index >= 15 is 0 Å². The third kappa shape index (κ3) is 3.53. The summed E-state index contributed by atoms with van der Waals surface area (Å²) in [5.41, 5.74) is 0.827. The molecule has 29 heavy (non-hydrogen) atoms. The maximum Gasteiger partial charge on any atom is 0.254 e. The van der Waals surface area contributed by atoms with Gasteiger partial charge < -0.3 is 14.7 Å². The van der Waals surface area contributed by atoms with Gasteiger partial charge in [-0.3, -0.25) is 19.4 Å². The van der Waals surface area contributed by atoms with E-state index in [4.69, 9.17) is 0 Å². The fourth-order valence-corrected chi connectivity index (χ4v) is 5.18. The minimum atomic E-state index is -0.740. The largest absolute Gasteiger partial charge is 0.348 e. The highest BCUT2D eigenvalue weighted by atomic mass is 32.1. The van der Waals surface area contributed by atoms with Crippen LogP contribution in [0.25, 0.3) is 0 Å². The monoisotopic (exact) mass is 412 g/mol. The Morgan fingerprint density at radius 1 is 1.14 bits per heavy atom. The summed E-state index contributed by atoms with van der Waals surface area (Å²) in [5.74, 6) is -0.132. The van der Waals surface area contributed by atoms with Gasteiger partial charge in [-0.15, -0.1) is 0 Å². The van der Waals surface area contributed by atoms with Crippen LogP contribution < -0.4 is 0 Å². The molecule has 2 fully saturated rings. The van der Waals surface area contributed by atoms with Crippen molar-refractivity contribution in [2.24, 2.45) is 11.3 Å². The van der Waals surface area contributed by atoms with Crippen molar-refractivity contribution in [2.75, 3.05) is 40.3 Å². The van der Waals surface area contributed by atoms with Crippen molar-refractivity contribution in [2.45, 2.75) is 6.42 Å².